The predicted octanol–water partition coefficient (Wildman–Crippen LogP) is 3.10. The number of hydrogen-bond donors (Lipinski definition) is 1. The van der Waals surface area contributed by atoms with Crippen molar-refractivity contribution in [3.05, 3.63) is 54.5 Å². The number of halogens is 2. The Balaban J connectivity index is 1.31. The highest BCUT2D eigenvalue weighted by Crippen LogP contribution is 2.41. The Morgan fingerprint density at radius 2 is 1.75 bits per heavy atom. The van der Waals surface area contributed by atoms with Gasteiger partial charge in [0.15, 0.2) is 11.4 Å². The number of imidazole rings is 1. The number of fused-ring (bicyclic) bond motifs is 1. The summed E-state index contributed by atoms with van der Waals surface area (Å²) in [5.74, 6) is -3.87. The highest BCUT2D eigenvalue weighted by molar-refractivity contribution is 6.11. The number of urea groups is 1. The molecular weight excluding hydrogens is 420 g/mol. The van der Waals surface area contributed by atoms with Gasteiger partial charge >= 0.3 is 6.03 Å². The van der Waals surface area contributed by atoms with E-state index in [1.807, 2.05) is 10.6 Å². The molecule has 1 spiro atoms. The van der Waals surface area contributed by atoms with Gasteiger partial charge in [0, 0.05) is 30.3 Å². The van der Waals surface area contributed by atoms with E-state index in [1.165, 1.54) is 0 Å². The smallest absolute Gasteiger partial charge is 0.323 e. The monoisotopic (exact) mass is 439 g/mol. The molecule has 0 radical (unpaired) electrons. The predicted molar refractivity (Wildman–Crippen MR) is 110 cm³/mol. The van der Waals surface area contributed by atoms with Crippen LogP contribution in [0.5, 0.6) is 0 Å². The number of ketones is 1. The normalized spacial score (nSPS) is 19.5. The van der Waals surface area contributed by atoms with Crippen LogP contribution in [0.1, 0.15) is 36.0 Å². The maximum Gasteiger partial charge on any atom is 0.325 e. The van der Waals surface area contributed by atoms with E-state index < -0.39 is 48.6 Å². The summed E-state index contributed by atoms with van der Waals surface area (Å²) in [7, 11) is 0. The second-order valence-electron chi connectivity index (χ2n) is 8.19. The van der Waals surface area contributed by atoms with Crippen molar-refractivity contribution < 1.29 is 23.2 Å². The maximum atomic E-state index is 13.5. The maximum absolute atomic E-state index is 13.5. The quantitative estimate of drug-likeness (QED) is 0.498. The van der Waals surface area contributed by atoms with Crippen molar-refractivity contribution in [2.45, 2.75) is 37.1 Å². The van der Waals surface area contributed by atoms with Crippen LogP contribution in [-0.2, 0) is 4.79 Å². The third kappa shape index (κ3) is 3.31. The molecule has 3 heterocycles. The number of benzene rings is 1. The van der Waals surface area contributed by atoms with Crippen molar-refractivity contribution in [3.8, 4) is 5.69 Å². The molecule has 1 aliphatic heterocycles. The molecule has 3 aromatic rings. The largest absolute Gasteiger partial charge is 0.325 e. The Kier molecular flexibility index (Phi) is 4.54. The number of carbonyl (C=O) groups excluding carboxylic acids is 3. The lowest BCUT2D eigenvalue weighted by atomic mass is 9.80. The summed E-state index contributed by atoms with van der Waals surface area (Å²) in [6.07, 6.45) is 2.06. The Bertz CT molecular complexity index is 1230. The number of amides is 3. The van der Waals surface area contributed by atoms with E-state index in [1.54, 1.807) is 42.9 Å². The van der Waals surface area contributed by atoms with Gasteiger partial charge in [0.25, 0.3) is 5.91 Å². The molecule has 0 atom stereocenters. The number of pyridine rings is 1. The van der Waals surface area contributed by atoms with Crippen LogP contribution >= 0.6 is 0 Å². The summed E-state index contributed by atoms with van der Waals surface area (Å²) in [5.41, 5.74) is 1.18. The summed E-state index contributed by atoms with van der Waals surface area (Å²) >= 11 is 0. The first-order valence-electron chi connectivity index (χ1n) is 10.2. The second kappa shape index (κ2) is 7.18. The summed E-state index contributed by atoms with van der Waals surface area (Å²) in [6.45, 7) is -0.444. The number of nitrogens with zero attached hydrogens (tertiary/aromatic N) is 4. The SMILES string of the molecule is O=C(CN1C(=O)NC2(CCC(F)(F)CC2)C1=O)c1ccc(-n2cnc3ncccc32)cc1. The van der Waals surface area contributed by atoms with E-state index in [9.17, 15) is 23.2 Å². The number of alkyl halides is 2. The van der Waals surface area contributed by atoms with Gasteiger partial charge in [0.05, 0.1) is 12.1 Å². The van der Waals surface area contributed by atoms with Crippen molar-refractivity contribution in [3.63, 3.8) is 0 Å². The van der Waals surface area contributed by atoms with Crippen LogP contribution in [0.25, 0.3) is 16.9 Å². The Morgan fingerprint density at radius 3 is 2.47 bits per heavy atom. The fourth-order valence-corrected chi connectivity index (χ4v) is 4.30. The molecule has 1 aliphatic carbocycles. The van der Waals surface area contributed by atoms with E-state index in [-0.39, 0.29) is 12.8 Å². The molecule has 3 amide bonds. The minimum atomic E-state index is -2.84. The lowest BCUT2D eigenvalue weighted by Gasteiger charge is -2.34. The van der Waals surface area contributed by atoms with Gasteiger partial charge in [-0.2, -0.15) is 0 Å². The molecule has 1 saturated heterocycles. The number of hydrogen-bond acceptors (Lipinski definition) is 5. The van der Waals surface area contributed by atoms with Crippen LogP contribution in [0.2, 0.25) is 0 Å². The summed E-state index contributed by atoms with van der Waals surface area (Å²) in [4.78, 5) is 47.2. The summed E-state index contributed by atoms with van der Waals surface area (Å²) < 4.78 is 28.9. The number of Topliss-reactive ketones (excluding diaryl/α,β-unsaturated/α-hetero) is 1. The number of nitrogens with one attached hydrogen (secondary N) is 1. The van der Waals surface area contributed by atoms with Gasteiger partial charge in [-0.05, 0) is 49.2 Å². The number of rotatable bonds is 4. The Labute approximate surface area is 181 Å². The van der Waals surface area contributed by atoms with Gasteiger partial charge in [-0.25, -0.2) is 23.5 Å². The van der Waals surface area contributed by atoms with Crippen LogP contribution < -0.4 is 5.32 Å². The van der Waals surface area contributed by atoms with Crippen molar-refractivity contribution >= 4 is 28.9 Å². The molecule has 32 heavy (non-hydrogen) atoms. The van der Waals surface area contributed by atoms with Crippen molar-refractivity contribution in [1.82, 2.24) is 24.8 Å². The Morgan fingerprint density at radius 1 is 1.03 bits per heavy atom. The highest BCUT2D eigenvalue weighted by Gasteiger charge is 2.55. The molecule has 1 aromatic carbocycles. The second-order valence-corrected chi connectivity index (χ2v) is 8.19. The molecule has 5 rings (SSSR count). The van der Waals surface area contributed by atoms with E-state index in [2.05, 4.69) is 15.3 Å². The first-order chi connectivity index (χ1) is 15.3. The molecule has 0 unspecified atom stereocenters. The minimum Gasteiger partial charge on any atom is -0.323 e. The molecule has 1 saturated carbocycles. The average molecular weight is 439 g/mol. The average Bonchev–Trinajstić information content (AvgIpc) is 3.31. The summed E-state index contributed by atoms with van der Waals surface area (Å²) in [6, 6.07) is 9.64. The molecular formula is C22H19F2N5O3. The van der Waals surface area contributed by atoms with Gasteiger partial charge < -0.3 is 5.32 Å². The Hall–Kier alpha value is -3.69. The van der Waals surface area contributed by atoms with E-state index in [0.717, 1.165) is 16.1 Å². The molecule has 164 valence electrons. The summed E-state index contributed by atoms with van der Waals surface area (Å²) in [5, 5.41) is 2.54. The molecule has 2 fully saturated rings. The van der Waals surface area contributed by atoms with Gasteiger partial charge in [-0.1, -0.05) is 0 Å². The van der Waals surface area contributed by atoms with Gasteiger partial charge in [-0.15, -0.1) is 0 Å². The van der Waals surface area contributed by atoms with E-state index in [4.69, 9.17) is 0 Å². The third-order valence-electron chi connectivity index (χ3n) is 6.17. The lowest BCUT2D eigenvalue weighted by molar-refractivity contribution is -0.135. The van der Waals surface area contributed by atoms with Crippen molar-refractivity contribution in [1.29, 1.82) is 0 Å². The van der Waals surface area contributed by atoms with Crippen LogP contribution in [-0.4, -0.2) is 55.2 Å². The molecule has 2 aliphatic rings. The zero-order valence-corrected chi connectivity index (χ0v) is 16.9. The zero-order chi connectivity index (χ0) is 22.5. The first-order valence-corrected chi connectivity index (χ1v) is 10.2. The van der Waals surface area contributed by atoms with Gasteiger partial charge in [0.2, 0.25) is 5.92 Å². The molecule has 0 bridgehead atoms. The van der Waals surface area contributed by atoms with Crippen LogP contribution in [0.15, 0.2) is 48.9 Å². The van der Waals surface area contributed by atoms with Crippen LogP contribution in [0.3, 0.4) is 0 Å². The van der Waals surface area contributed by atoms with Gasteiger partial charge in [0.1, 0.15) is 11.9 Å². The molecule has 2 aromatic heterocycles. The van der Waals surface area contributed by atoms with E-state index in [0.29, 0.717) is 11.2 Å². The third-order valence-corrected chi connectivity index (χ3v) is 6.17. The molecule has 10 heteroatoms. The van der Waals surface area contributed by atoms with Gasteiger partial charge in [-0.3, -0.25) is 19.1 Å². The highest BCUT2D eigenvalue weighted by atomic mass is 19.3. The van der Waals surface area contributed by atoms with Crippen molar-refractivity contribution in [2.24, 2.45) is 0 Å². The van der Waals surface area contributed by atoms with Crippen molar-refractivity contribution in [2.75, 3.05) is 6.54 Å². The standard InChI is InChI=1S/C22H19F2N5O3/c23-22(24)9-7-21(8-10-22)19(31)28(20(32)27-21)12-17(30)14-3-5-15(6-4-14)29-13-26-18-16(29)2-1-11-25-18/h1-6,11,13H,7-10,12H2,(H,27,32). The molecule has 8 nitrogen and oxygen atoms in total. The number of imide groups is 1. The topological polar surface area (TPSA) is 97.2 Å². The number of carbonyl (C=O) groups is 3. The first kappa shape index (κ1) is 20.2. The minimum absolute atomic E-state index is 0.141. The zero-order valence-electron chi connectivity index (χ0n) is 16.9. The van der Waals surface area contributed by atoms with Crippen LogP contribution in [0.4, 0.5) is 13.6 Å². The van der Waals surface area contributed by atoms with E-state index >= 15 is 0 Å². The fraction of sp³-hybridized carbons (Fsp3) is 0.318. The molecule has 1 N–H and O–H groups in total. The number of aromatic nitrogens is 3. The lowest BCUT2D eigenvalue weighted by Crippen LogP contribution is -2.51. The van der Waals surface area contributed by atoms with Crippen LogP contribution in [0, 0.1) is 0 Å². The fourth-order valence-electron chi connectivity index (χ4n) is 4.30.